The molecule has 29 heavy (non-hydrogen) atoms. The van der Waals surface area contributed by atoms with Crippen LogP contribution in [0, 0.1) is 5.82 Å². The zero-order chi connectivity index (χ0) is 21.0. The number of hydrogen-bond acceptors (Lipinski definition) is 5. The van der Waals surface area contributed by atoms with Crippen molar-refractivity contribution in [2.75, 3.05) is 6.54 Å². The summed E-state index contributed by atoms with van der Waals surface area (Å²) >= 11 is 0. The van der Waals surface area contributed by atoms with Gasteiger partial charge < -0.3 is 10.1 Å². The van der Waals surface area contributed by atoms with Crippen molar-refractivity contribution in [1.82, 2.24) is 10.2 Å². The number of benzene rings is 2. The third-order valence-electron chi connectivity index (χ3n) is 4.48. The van der Waals surface area contributed by atoms with Crippen molar-refractivity contribution in [2.24, 2.45) is 0 Å². The molecule has 2 aromatic carbocycles. The fraction of sp³-hybridized carbons (Fsp3) is 0.238. The van der Waals surface area contributed by atoms with Gasteiger partial charge in [0.25, 0.3) is 17.7 Å². The molecule has 0 spiro atoms. The summed E-state index contributed by atoms with van der Waals surface area (Å²) in [4.78, 5) is 49.6. The van der Waals surface area contributed by atoms with E-state index < -0.39 is 29.8 Å². The molecule has 1 N–H and O–H groups in total. The Bertz CT molecular complexity index is 923. The van der Waals surface area contributed by atoms with Gasteiger partial charge in [0.05, 0.1) is 17.5 Å². The van der Waals surface area contributed by atoms with Gasteiger partial charge in [-0.1, -0.05) is 24.3 Å². The summed E-state index contributed by atoms with van der Waals surface area (Å²) < 4.78 is 17.9. The van der Waals surface area contributed by atoms with Crippen LogP contribution in [0.5, 0.6) is 0 Å². The van der Waals surface area contributed by atoms with Crippen LogP contribution in [0.3, 0.4) is 0 Å². The third-order valence-corrected chi connectivity index (χ3v) is 4.48. The van der Waals surface area contributed by atoms with Crippen molar-refractivity contribution in [3.8, 4) is 0 Å². The second-order valence-corrected chi connectivity index (χ2v) is 6.53. The molecule has 150 valence electrons. The Kier molecular flexibility index (Phi) is 6.01. The number of nitrogens with zero attached hydrogens (tertiary/aromatic N) is 1. The van der Waals surface area contributed by atoms with E-state index >= 15 is 0 Å². The van der Waals surface area contributed by atoms with E-state index in [1.165, 1.54) is 31.2 Å². The van der Waals surface area contributed by atoms with Crippen molar-refractivity contribution < 1.29 is 28.3 Å². The Morgan fingerprint density at radius 1 is 1.03 bits per heavy atom. The van der Waals surface area contributed by atoms with Crippen molar-refractivity contribution in [1.29, 1.82) is 0 Å². The first kappa shape index (κ1) is 20.2. The molecule has 1 heterocycles. The first-order chi connectivity index (χ1) is 13.9. The summed E-state index contributed by atoms with van der Waals surface area (Å²) in [6, 6.07) is 12.1. The SMILES string of the molecule is C[C@@H](OC(=O)CCN1C(=O)c2ccccc2C1=O)C(=O)NCc1ccc(F)cc1. The number of carbonyl (C=O) groups excluding carboxylic acids is 4. The predicted molar refractivity (Wildman–Crippen MR) is 100 cm³/mol. The van der Waals surface area contributed by atoms with Crippen molar-refractivity contribution in [3.05, 3.63) is 71.0 Å². The summed E-state index contributed by atoms with van der Waals surface area (Å²) in [5.74, 6) is -2.50. The molecular weight excluding hydrogens is 379 g/mol. The van der Waals surface area contributed by atoms with Crippen LogP contribution in [0.4, 0.5) is 4.39 Å². The Hall–Kier alpha value is -3.55. The molecule has 1 atom stereocenters. The maximum Gasteiger partial charge on any atom is 0.308 e. The third kappa shape index (κ3) is 4.66. The zero-order valence-electron chi connectivity index (χ0n) is 15.7. The highest BCUT2D eigenvalue weighted by Crippen LogP contribution is 2.22. The largest absolute Gasteiger partial charge is 0.452 e. The molecule has 0 bridgehead atoms. The minimum Gasteiger partial charge on any atom is -0.452 e. The molecule has 1 aliphatic heterocycles. The Balaban J connectivity index is 1.45. The summed E-state index contributed by atoms with van der Waals surface area (Å²) in [5, 5.41) is 2.59. The zero-order valence-corrected chi connectivity index (χ0v) is 15.7. The molecule has 2 aromatic rings. The Labute approximate surface area is 166 Å². The quantitative estimate of drug-likeness (QED) is 0.569. The average molecular weight is 398 g/mol. The smallest absolute Gasteiger partial charge is 0.308 e. The average Bonchev–Trinajstić information content (AvgIpc) is 2.96. The number of imide groups is 1. The van der Waals surface area contributed by atoms with Crippen molar-refractivity contribution in [2.45, 2.75) is 26.0 Å². The lowest BCUT2D eigenvalue weighted by Crippen LogP contribution is -2.37. The van der Waals surface area contributed by atoms with Gasteiger partial charge in [0, 0.05) is 13.1 Å². The second kappa shape index (κ2) is 8.64. The fourth-order valence-corrected chi connectivity index (χ4v) is 2.89. The monoisotopic (exact) mass is 398 g/mol. The molecule has 0 aliphatic carbocycles. The molecule has 0 fully saturated rings. The topological polar surface area (TPSA) is 92.8 Å². The van der Waals surface area contributed by atoms with E-state index in [0.717, 1.165) is 4.90 Å². The van der Waals surface area contributed by atoms with Gasteiger partial charge in [-0.3, -0.25) is 24.1 Å². The van der Waals surface area contributed by atoms with Gasteiger partial charge in [-0.15, -0.1) is 0 Å². The van der Waals surface area contributed by atoms with Gasteiger partial charge in [-0.05, 0) is 36.8 Å². The second-order valence-electron chi connectivity index (χ2n) is 6.53. The summed E-state index contributed by atoms with van der Waals surface area (Å²) in [7, 11) is 0. The lowest BCUT2D eigenvalue weighted by Gasteiger charge is -2.16. The van der Waals surface area contributed by atoms with Crippen molar-refractivity contribution in [3.63, 3.8) is 0 Å². The number of rotatable bonds is 7. The lowest BCUT2D eigenvalue weighted by atomic mass is 10.1. The predicted octanol–water partition coefficient (Wildman–Crippen LogP) is 2.06. The number of fused-ring (bicyclic) bond motifs is 1. The number of amides is 3. The molecular formula is C21H19FN2O5. The van der Waals surface area contributed by atoms with Gasteiger partial charge >= 0.3 is 5.97 Å². The van der Waals surface area contributed by atoms with E-state index in [1.54, 1.807) is 24.3 Å². The molecule has 8 heteroatoms. The molecule has 0 saturated carbocycles. The van der Waals surface area contributed by atoms with Crippen LogP contribution in [-0.2, 0) is 20.9 Å². The first-order valence-electron chi connectivity index (χ1n) is 9.03. The summed E-state index contributed by atoms with van der Waals surface area (Å²) in [6.07, 6.45) is -1.27. The number of esters is 1. The van der Waals surface area contributed by atoms with Crippen molar-refractivity contribution >= 4 is 23.7 Å². The molecule has 0 saturated heterocycles. The van der Waals surface area contributed by atoms with Crippen LogP contribution >= 0.6 is 0 Å². The van der Waals surface area contributed by atoms with Crippen LogP contribution < -0.4 is 5.32 Å². The van der Waals surface area contributed by atoms with Crippen LogP contribution in [-0.4, -0.2) is 41.2 Å². The normalized spacial score (nSPS) is 13.8. The molecule has 3 rings (SSSR count). The molecule has 1 aliphatic rings. The van der Waals surface area contributed by atoms with Gasteiger partial charge in [0.2, 0.25) is 0 Å². The molecule has 0 unspecified atom stereocenters. The summed E-state index contributed by atoms with van der Waals surface area (Å²) in [6.45, 7) is 1.45. The van der Waals surface area contributed by atoms with E-state index in [4.69, 9.17) is 4.74 Å². The van der Waals surface area contributed by atoms with Gasteiger partial charge in [-0.25, -0.2) is 4.39 Å². The summed E-state index contributed by atoms with van der Waals surface area (Å²) in [5.41, 5.74) is 1.31. The number of halogens is 1. The van der Waals surface area contributed by atoms with E-state index in [0.29, 0.717) is 16.7 Å². The standard InChI is InChI=1S/C21H19FN2O5/c1-13(19(26)23-12-14-6-8-15(22)9-7-14)29-18(25)10-11-24-20(27)16-4-2-3-5-17(16)21(24)28/h2-9,13H,10-12H2,1H3,(H,23,26)/t13-/m1/s1. The molecule has 7 nitrogen and oxygen atoms in total. The molecule has 3 amide bonds. The van der Waals surface area contributed by atoms with Gasteiger partial charge in [0.1, 0.15) is 5.82 Å². The maximum atomic E-state index is 12.9. The van der Waals surface area contributed by atoms with Crippen LogP contribution in [0.15, 0.2) is 48.5 Å². The van der Waals surface area contributed by atoms with Crippen LogP contribution in [0.1, 0.15) is 39.6 Å². The van der Waals surface area contributed by atoms with E-state index in [-0.39, 0.29) is 25.3 Å². The molecule has 0 radical (unpaired) electrons. The first-order valence-corrected chi connectivity index (χ1v) is 9.03. The highest BCUT2D eigenvalue weighted by atomic mass is 19.1. The number of hydrogen-bond donors (Lipinski definition) is 1. The minimum absolute atomic E-state index is 0.130. The Morgan fingerprint density at radius 3 is 2.21 bits per heavy atom. The minimum atomic E-state index is -1.05. The van der Waals surface area contributed by atoms with Crippen LogP contribution in [0.2, 0.25) is 0 Å². The number of nitrogens with one attached hydrogen (secondary N) is 1. The highest BCUT2D eigenvalue weighted by molar-refractivity contribution is 6.21. The number of carbonyl (C=O) groups is 4. The lowest BCUT2D eigenvalue weighted by molar-refractivity contribution is -0.154. The van der Waals surface area contributed by atoms with E-state index in [2.05, 4.69) is 5.32 Å². The fourth-order valence-electron chi connectivity index (χ4n) is 2.89. The van der Waals surface area contributed by atoms with Gasteiger partial charge in [-0.2, -0.15) is 0 Å². The van der Waals surface area contributed by atoms with E-state index in [1.807, 2.05) is 0 Å². The maximum absolute atomic E-state index is 12.9. The molecule has 0 aromatic heterocycles. The van der Waals surface area contributed by atoms with Crippen LogP contribution in [0.25, 0.3) is 0 Å². The Morgan fingerprint density at radius 2 is 1.62 bits per heavy atom. The van der Waals surface area contributed by atoms with E-state index in [9.17, 15) is 23.6 Å². The number of ether oxygens (including phenoxy) is 1. The van der Waals surface area contributed by atoms with Gasteiger partial charge in [0.15, 0.2) is 6.10 Å². The highest BCUT2D eigenvalue weighted by Gasteiger charge is 2.35.